The van der Waals surface area contributed by atoms with Gasteiger partial charge in [0.05, 0.1) is 42.1 Å². The first-order valence-corrected chi connectivity index (χ1v) is 8.14. The van der Waals surface area contributed by atoms with Gasteiger partial charge >= 0.3 is 5.97 Å². The minimum Gasteiger partial charge on any atom is -0.496 e. The largest absolute Gasteiger partial charge is 0.496 e. The molecule has 138 valence electrons. The van der Waals surface area contributed by atoms with E-state index in [1.54, 1.807) is 4.90 Å². The highest BCUT2D eigenvalue weighted by atomic mass is 35.5. The van der Waals surface area contributed by atoms with E-state index in [-0.39, 0.29) is 35.2 Å². The van der Waals surface area contributed by atoms with Gasteiger partial charge in [0.25, 0.3) is 5.91 Å². The smallest absolute Gasteiger partial charge is 0.317 e. The summed E-state index contributed by atoms with van der Waals surface area (Å²) in [6.45, 7) is 0.923. The number of carboxylic acid groups (broad SMARTS) is 1. The lowest BCUT2D eigenvalue weighted by Gasteiger charge is -2.37. The lowest BCUT2D eigenvalue weighted by molar-refractivity contribution is -0.139. The Morgan fingerprint density at radius 3 is 2.76 bits per heavy atom. The van der Waals surface area contributed by atoms with Crippen LogP contribution in [0.4, 0.5) is 5.69 Å². The van der Waals surface area contributed by atoms with Gasteiger partial charge in [-0.1, -0.05) is 11.6 Å². The second-order valence-electron chi connectivity index (χ2n) is 5.85. The number of hydrogen-bond acceptors (Lipinski definition) is 6. The molecule has 1 aromatic carbocycles. The highest BCUT2D eigenvalue weighted by Gasteiger charge is 2.32. The first-order valence-electron chi connectivity index (χ1n) is 7.76. The molecule has 1 heterocycles. The Kier molecular flexibility index (Phi) is 6.46. The van der Waals surface area contributed by atoms with E-state index < -0.39 is 5.97 Å². The monoisotopic (exact) mass is 371 g/mol. The molecule has 0 unspecified atom stereocenters. The zero-order chi connectivity index (χ0) is 18.6. The molecule has 0 aromatic heterocycles. The average Bonchev–Trinajstić information content (AvgIpc) is 2.57. The van der Waals surface area contributed by atoms with Crippen molar-refractivity contribution in [1.29, 1.82) is 0 Å². The number of ether oxygens (including phenoxy) is 2. The highest BCUT2D eigenvalue weighted by Crippen LogP contribution is 2.29. The Morgan fingerprint density at radius 2 is 2.16 bits per heavy atom. The zero-order valence-electron chi connectivity index (χ0n) is 14.1. The number of aliphatic carboxylic acids is 1. The van der Waals surface area contributed by atoms with Crippen molar-refractivity contribution in [2.75, 3.05) is 39.6 Å². The summed E-state index contributed by atoms with van der Waals surface area (Å²) in [6.07, 6.45) is 0.259. The number of benzene rings is 1. The van der Waals surface area contributed by atoms with Crippen LogP contribution in [0.5, 0.6) is 5.75 Å². The van der Waals surface area contributed by atoms with Crippen LogP contribution in [0.25, 0.3) is 0 Å². The normalized spacial score (nSPS) is 20.9. The second-order valence-corrected chi connectivity index (χ2v) is 6.25. The first-order chi connectivity index (χ1) is 11.8. The summed E-state index contributed by atoms with van der Waals surface area (Å²) >= 11 is 6.01. The third-order valence-corrected chi connectivity index (χ3v) is 4.51. The fourth-order valence-electron chi connectivity index (χ4n) is 2.88. The number of nitrogens with two attached hydrogens (primary N) is 1. The Bertz CT molecular complexity index is 655. The molecule has 0 radical (unpaired) electrons. The van der Waals surface area contributed by atoms with Crippen molar-refractivity contribution in [2.45, 2.75) is 18.6 Å². The number of carbonyl (C=O) groups excluding carboxylic acids is 1. The number of anilines is 1. The van der Waals surface area contributed by atoms with E-state index in [0.717, 1.165) is 0 Å². The molecule has 25 heavy (non-hydrogen) atoms. The molecule has 0 saturated carbocycles. The number of halogens is 1. The molecule has 1 aliphatic heterocycles. The van der Waals surface area contributed by atoms with Crippen molar-refractivity contribution < 1.29 is 24.2 Å². The van der Waals surface area contributed by atoms with E-state index in [1.165, 1.54) is 26.4 Å². The maximum absolute atomic E-state index is 12.6. The molecule has 8 nitrogen and oxygen atoms in total. The summed E-state index contributed by atoms with van der Waals surface area (Å²) in [5.74, 6) is -0.909. The van der Waals surface area contributed by atoms with Gasteiger partial charge in [-0.05, 0) is 12.5 Å². The van der Waals surface area contributed by atoms with Gasteiger partial charge in [0.2, 0.25) is 0 Å². The van der Waals surface area contributed by atoms with Crippen molar-refractivity contribution in [3.05, 3.63) is 22.7 Å². The summed E-state index contributed by atoms with van der Waals surface area (Å²) in [6, 6.07) is 2.72. The number of methoxy groups -OCH3 is 2. The van der Waals surface area contributed by atoms with Crippen LogP contribution in [0.15, 0.2) is 12.1 Å². The van der Waals surface area contributed by atoms with Crippen LogP contribution in [0, 0.1) is 0 Å². The highest BCUT2D eigenvalue weighted by molar-refractivity contribution is 6.33. The predicted octanol–water partition coefficient (Wildman–Crippen LogP) is 0.835. The van der Waals surface area contributed by atoms with E-state index in [4.69, 9.17) is 31.9 Å². The number of carboxylic acids is 1. The summed E-state index contributed by atoms with van der Waals surface area (Å²) in [7, 11) is 2.98. The van der Waals surface area contributed by atoms with Crippen LogP contribution >= 0.6 is 11.6 Å². The molecule has 2 rings (SSSR count). The number of hydrogen-bond donors (Lipinski definition) is 3. The van der Waals surface area contributed by atoms with E-state index >= 15 is 0 Å². The standard InChI is InChI=1S/C16H22ClN3O5/c1-24-13-6-11(18)10(17)5-9(13)16(23)19-12-3-4-20(8-15(21)22)7-14(12)25-2/h5-6,12,14H,3-4,7-8,18H2,1-2H3,(H,19,23)(H,21,22)/t12-,14+/m1/s1. The Morgan fingerprint density at radius 1 is 1.44 bits per heavy atom. The van der Waals surface area contributed by atoms with Gasteiger partial charge in [0.15, 0.2) is 0 Å². The second kappa shape index (κ2) is 8.37. The summed E-state index contributed by atoms with van der Waals surface area (Å²) < 4.78 is 10.6. The predicted molar refractivity (Wildman–Crippen MR) is 93.2 cm³/mol. The quantitative estimate of drug-likeness (QED) is 0.634. The lowest BCUT2D eigenvalue weighted by atomic mass is 10.0. The number of amides is 1. The molecule has 0 spiro atoms. The number of piperidine rings is 1. The number of rotatable bonds is 6. The van der Waals surface area contributed by atoms with Crippen LogP contribution in [0.3, 0.4) is 0 Å². The number of likely N-dealkylation sites (tertiary alicyclic amines) is 1. The summed E-state index contributed by atoms with van der Waals surface area (Å²) in [5, 5.41) is 12.1. The fourth-order valence-corrected chi connectivity index (χ4v) is 3.04. The topological polar surface area (TPSA) is 114 Å². The van der Waals surface area contributed by atoms with Gasteiger partial charge < -0.3 is 25.6 Å². The van der Waals surface area contributed by atoms with Crippen LogP contribution in [-0.2, 0) is 9.53 Å². The van der Waals surface area contributed by atoms with E-state index in [9.17, 15) is 9.59 Å². The molecule has 1 aromatic rings. The molecular weight excluding hydrogens is 350 g/mol. The molecule has 0 bridgehead atoms. The average molecular weight is 372 g/mol. The molecule has 4 N–H and O–H groups in total. The molecule has 1 aliphatic rings. The van der Waals surface area contributed by atoms with E-state index in [0.29, 0.717) is 30.9 Å². The Balaban J connectivity index is 2.10. The molecule has 1 amide bonds. The van der Waals surface area contributed by atoms with Crippen molar-refractivity contribution in [3.8, 4) is 5.75 Å². The lowest BCUT2D eigenvalue weighted by Crippen LogP contribution is -2.55. The summed E-state index contributed by atoms with van der Waals surface area (Å²) in [4.78, 5) is 25.2. The van der Waals surface area contributed by atoms with Crippen molar-refractivity contribution in [3.63, 3.8) is 0 Å². The van der Waals surface area contributed by atoms with Gasteiger partial charge in [0, 0.05) is 26.3 Å². The first kappa shape index (κ1) is 19.3. The van der Waals surface area contributed by atoms with Crippen LogP contribution < -0.4 is 15.8 Å². The molecule has 2 atom stereocenters. The number of nitrogens with zero attached hydrogens (tertiary/aromatic N) is 1. The molecular formula is C16H22ClN3O5. The van der Waals surface area contributed by atoms with Crippen molar-refractivity contribution in [2.24, 2.45) is 0 Å². The van der Waals surface area contributed by atoms with Crippen molar-refractivity contribution in [1.82, 2.24) is 10.2 Å². The van der Waals surface area contributed by atoms with Gasteiger partial charge in [-0.15, -0.1) is 0 Å². The van der Waals surface area contributed by atoms with Crippen LogP contribution in [0.2, 0.25) is 5.02 Å². The van der Waals surface area contributed by atoms with Gasteiger partial charge in [0.1, 0.15) is 5.75 Å². The number of nitrogens with one attached hydrogen (secondary N) is 1. The SMILES string of the molecule is COc1cc(N)c(Cl)cc1C(=O)N[C@@H]1CCN(CC(=O)O)C[C@@H]1OC. The maximum Gasteiger partial charge on any atom is 0.317 e. The van der Waals surface area contributed by atoms with Gasteiger partial charge in [-0.2, -0.15) is 0 Å². The van der Waals surface area contributed by atoms with E-state index in [2.05, 4.69) is 5.32 Å². The van der Waals surface area contributed by atoms with Gasteiger partial charge in [-0.3, -0.25) is 14.5 Å². The Labute approximate surface area is 150 Å². The third kappa shape index (κ3) is 4.75. The fraction of sp³-hybridized carbons (Fsp3) is 0.500. The van der Waals surface area contributed by atoms with Gasteiger partial charge in [-0.25, -0.2) is 0 Å². The third-order valence-electron chi connectivity index (χ3n) is 4.18. The number of nitrogen functional groups attached to an aromatic ring is 1. The molecule has 9 heteroatoms. The summed E-state index contributed by atoms with van der Waals surface area (Å²) in [5.41, 5.74) is 6.34. The van der Waals surface area contributed by atoms with Crippen LogP contribution in [0.1, 0.15) is 16.8 Å². The Hall–Kier alpha value is -2.03. The van der Waals surface area contributed by atoms with Crippen molar-refractivity contribution >= 4 is 29.2 Å². The van der Waals surface area contributed by atoms with E-state index in [1.807, 2.05) is 0 Å². The molecule has 0 aliphatic carbocycles. The molecule has 1 saturated heterocycles. The minimum absolute atomic E-state index is 0.0537. The zero-order valence-corrected chi connectivity index (χ0v) is 14.9. The minimum atomic E-state index is -0.890. The number of carbonyl (C=O) groups is 2. The van der Waals surface area contributed by atoms with Crippen LogP contribution in [-0.4, -0.2) is 67.9 Å². The molecule has 1 fully saturated rings. The maximum atomic E-state index is 12.6.